The second kappa shape index (κ2) is 12.8. The van der Waals surface area contributed by atoms with Crippen LogP contribution in [0.3, 0.4) is 0 Å². The number of ether oxygens (including phenoxy) is 1. The van der Waals surface area contributed by atoms with Gasteiger partial charge in [0.15, 0.2) is 5.96 Å². The van der Waals surface area contributed by atoms with Crippen molar-refractivity contribution in [2.75, 3.05) is 13.2 Å². The molecular weight excluding hydrogens is 496 g/mol. The van der Waals surface area contributed by atoms with Crippen LogP contribution in [0.15, 0.2) is 59.6 Å². The number of nitrogens with two attached hydrogens (primary N) is 1. The molecule has 0 saturated carbocycles. The second-order valence-corrected chi connectivity index (χ2v) is 9.23. The lowest BCUT2D eigenvalue weighted by atomic mass is 9.94. The Bertz CT molecular complexity index is 1200. The molecule has 3 rings (SSSR count). The molecule has 1 heterocycles. The standard InChI is InChI=1S/C29H34F4N4O/c1-4-19(3)27(25-9-6-16-37(25)28(34)35)36-24(5-2)21-12-15-26(23(18-21)29(31,32)33)38-17-7-8-20-10-13-22(30)14-11-20/h5,7-8,10-15,18-19,25H,4,6,9,16-17H2,1-3H3,(H3,34,35)/b8-7+,24-5-,36-27?. The van der Waals surface area contributed by atoms with Crippen molar-refractivity contribution in [2.45, 2.75) is 52.3 Å². The van der Waals surface area contributed by atoms with Crippen LogP contribution >= 0.6 is 0 Å². The third-order valence-corrected chi connectivity index (χ3v) is 6.64. The number of halogens is 4. The SMILES string of the molecule is C/C=C(\N=C(C(C)CC)C1CCCN1C(=N)N)c1ccc(OC/C=C/c2ccc(F)cc2)c(C(F)(F)F)c1. The smallest absolute Gasteiger partial charge is 0.419 e. The first-order chi connectivity index (χ1) is 18.0. The summed E-state index contributed by atoms with van der Waals surface area (Å²) in [7, 11) is 0. The minimum Gasteiger partial charge on any atom is -0.489 e. The van der Waals surface area contributed by atoms with Crippen molar-refractivity contribution in [3.63, 3.8) is 0 Å². The molecule has 2 unspecified atom stereocenters. The van der Waals surface area contributed by atoms with E-state index >= 15 is 0 Å². The summed E-state index contributed by atoms with van der Waals surface area (Å²) in [4.78, 5) is 6.66. The Morgan fingerprint density at radius 1 is 1.24 bits per heavy atom. The minimum atomic E-state index is -4.63. The summed E-state index contributed by atoms with van der Waals surface area (Å²) in [6.07, 6.45) is 2.73. The molecule has 2 aromatic rings. The number of guanidine groups is 1. The Hall–Kier alpha value is -3.62. The quantitative estimate of drug-likeness (QED) is 0.206. The normalized spacial score (nSPS) is 17.8. The second-order valence-electron chi connectivity index (χ2n) is 9.23. The summed E-state index contributed by atoms with van der Waals surface area (Å²) in [6.45, 7) is 6.36. The van der Waals surface area contributed by atoms with E-state index in [9.17, 15) is 17.6 Å². The molecule has 0 radical (unpaired) electrons. The van der Waals surface area contributed by atoms with Gasteiger partial charge in [-0.15, -0.1) is 0 Å². The third-order valence-electron chi connectivity index (χ3n) is 6.64. The zero-order valence-electron chi connectivity index (χ0n) is 21.9. The number of hydrogen-bond donors (Lipinski definition) is 2. The Kier molecular flexibility index (Phi) is 9.72. The van der Waals surface area contributed by atoms with E-state index in [4.69, 9.17) is 20.9 Å². The van der Waals surface area contributed by atoms with E-state index in [1.807, 2.05) is 13.8 Å². The van der Waals surface area contributed by atoms with Crippen molar-refractivity contribution in [1.82, 2.24) is 4.90 Å². The minimum absolute atomic E-state index is 0.0279. The van der Waals surface area contributed by atoms with Gasteiger partial charge in [0.1, 0.15) is 18.2 Å². The fourth-order valence-corrected chi connectivity index (χ4v) is 4.45. The van der Waals surface area contributed by atoms with E-state index in [1.165, 1.54) is 18.2 Å². The van der Waals surface area contributed by atoms with Crippen LogP contribution in [-0.2, 0) is 6.18 Å². The van der Waals surface area contributed by atoms with E-state index in [2.05, 4.69) is 0 Å². The summed E-state index contributed by atoms with van der Waals surface area (Å²) in [6, 6.07) is 9.52. The predicted octanol–water partition coefficient (Wildman–Crippen LogP) is 7.14. The number of alkyl halides is 3. The lowest BCUT2D eigenvalue weighted by Gasteiger charge is -2.29. The van der Waals surface area contributed by atoms with Gasteiger partial charge in [0.25, 0.3) is 0 Å². The van der Waals surface area contributed by atoms with Crippen molar-refractivity contribution in [2.24, 2.45) is 16.6 Å². The zero-order chi connectivity index (χ0) is 27.9. The molecule has 1 fully saturated rings. The number of nitrogens with zero attached hydrogens (tertiary/aromatic N) is 2. The van der Waals surface area contributed by atoms with E-state index in [0.29, 0.717) is 23.4 Å². The van der Waals surface area contributed by atoms with Crippen LogP contribution in [0.4, 0.5) is 17.6 Å². The molecule has 0 amide bonds. The van der Waals surface area contributed by atoms with Crippen LogP contribution in [-0.4, -0.2) is 35.8 Å². The Balaban J connectivity index is 1.89. The summed E-state index contributed by atoms with van der Waals surface area (Å²) in [5.41, 5.74) is 7.17. The molecule has 1 aliphatic rings. The van der Waals surface area contributed by atoms with Gasteiger partial charge in [-0.3, -0.25) is 10.4 Å². The number of nitrogens with one attached hydrogen (secondary N) is 1. The summed E-state index contributed by atoms with van der Waals surface area (Å²) < 4.78 is 60.5. The predicted molar refractivity (Wildman–Crippen MR) is 145 cm³/mol. The van der Waals surface area contributed by atoms with Gasteiger partial charge in [-0.1, -0.05) is 38.1 Å². The number of hydrogen-bond acceptors (Lipinski definition) is 3. The number of allylic oxidation sites excluding steroid dienone is 1. The van der Waals surface area contributed by atoms with Crippen LogP contribution in [0.2, 0.25) is 0 Å². The lowest BCUT2D eigenvalue weighted by molar-refractivity contribution is -0.138. The van der Waals surface area contributed by atoms with E-state index in [1.54, 1.807) is 48.3 Å². The first kappa shape index (κ1) is 28.9. The van der Waals surface area contributed by atoms with Gasteiger partial charge >= 0.3 is 6.18 Å². The highest BCUT2D eigenvalue weighted by atomic mass is 19.4. The number of benzene rings is 2. The van der Waals surface area contributed by atoms with Crippen LogP contribution in [0, 0.1) is 17.1 Å². The Labute approximate surface area is 221 Å². The first-order valence-corrected chi connectivity index (χ1v) is 12.7. The average Bonchev–Trinajstić information content (AvgIpc) is 3.37. The maximum absolute atomic E-state index is 14.0. The van der Waals surface area contributed by atoms with Gasteiger partial charge in [-0.25, -0.2) is 4.39 Å². The van der Waals surface area contributed by atoms with Gasteiger partial charge in [-0.2, -0.15) is 13.2 Å². The van der Waals surface area contributed by atoms with Gasteiger partial charge in [-0.05, 0) is 74.1 Å². The monoisotopic (exact) mass is 530 g/mol. The number of aliphatic imine (C=N–C) groups is 1. The van der Waals surface area contributed by atoms with Crippen LogP contribution in [0.25, 0.3) is 11.8 Å². The Morgan fingerprint density at radius 2 is 1.95 bits per heavy atom. The molecule has 0 aromatic heterocycles. The highest BCUT2D eigenvalue weighted by molar-refractivity contribution is 5.98. The van der Waals surface area contributed by atoms with Crippen LogP contribution in [0.5, 0.6) is 5.75 Å². The third kappa shape index (κ3) is 7.24. The fourth-order valence-electron chi connectivity index (χ4n) is 4.45. The molecule has 0 aliphatic carbocycles. The molecule has 9 heteroatoms. The largest absolute Gasteiger partial charge is 0.489 e. The molecule has 5 nitrogen and oxygen atoms in total. The maximum Gasteiger partial charge on any atom is 0.419 e. The maximum atomic E-state index is 14.0. The van der Waals surface area contributed by atoms with Gasteiger partial charge in [0.05, 0.1) is 17.3 Å². The van der Waals surface area contributed by atoms with Crippen molar-refractivity contribution in [3.05, 3.63) is 77.1 Å². The fraction of sp³-hybridized carbons (Fsp3) is 0.379. The highest BCUT2D eigenvalue weighted by Crippen LogP contribution is 2.38. The molecule has 2 aromatic carbocycles. The molecule has 3 N–H and O–H groups in total. The summed E-state index contributed by atoms with van der Waals surface area (Å²) in [5.74, 6) is -0.619. The first-order valence-electron chi connectivity index (χ1n) is 12.7. The van der Waals surface area contributed by atoms with E-state index in [-0.39, 0.29) is 36.1 Å². The topological polar surface area (TPSA) is 74.7 Å². The van der Waals surface area contributed by atoms with Crippen LogP contribution < -0.4 is 10.5 Å². The van der Waals surface area contributed by atoms with E-state index < -0.39 is 11.7 Å². The molecule has 38 heavy (non-hydrogen) atoms. The molecule has 1 aliphatic heterocycles. The summed E-state index contributed by atoms with van der Waals surface area (Å²) in [5, 5.41) is 7.93. The van der Waals surface area contributed by atoms with Crippen molar-refractivity contribution in [1.29, 1.82) is 5.41 Å². The molecule has 2 atom stereocenters. The van der Waals surface area contributed by atoms with Crippen molar-refractivity contribution >= 4 is 23.4 Å². The van der Waals surface area contributed by atoms with Crippen molar-refractivity contribution < 1.29 is 22.3 Å². The molecule has 0 spiro atoms. The van der Waals surface area contributed by atoms with Gasteiger partial charge in [0, 0.05) is 17.8 Å². The average molecular weight is 531 g/mol. The van der Waals surface area contributed by atoms with Crippen molar-refractivity contribution in [3.8, 4) is 5.75 Å². The summed E-state index contributed by atoms with van der Waals surface area (Å²) >= 11 is 0. The zero-order valence-corrected chi connectivity index (χ0v) is 21.9. The molecule has 1 saturated heterocycles. The highest BCUT2D eigenvalue weighted by Gasteiger charge is 2.35. The molecule has 204 valence electrons. The number of likely N-dealkylation sites (tertiary alicyclic amines) is 1. The Morgan fingerprint density at radius 3 is 2.55 bits per heavy atom. The van der Waals surface area contributed by atoms with Gasteiger partial charge < -0.3 is 15.4 Å². The van der Waals surface area contributed by atoms with E-state index in [0.717, 1.165) is 31.0 Å². The molecular formula is C29H34F4N4O. The number of rotatable bonds is 9. The lowest BCUT2D eigenvalue weighted by Crippen LogP contribution is -2.45. The van der Waals surface area contributed by atoms with Gasteiger partial charge in [0.2, 0.25) is 0 Å². The molecule has 0 bridgehead atoms. The van der Waals surface area contributed by atoms with Crippen LogP contribution in [0.1, 0.15) is 56.7 Å².